The van der Waals surface area contributed by atoms with Crippen molar-refractivity contribution in [3.8, 4) is 6.07 Å². The molecule has 4 fully saturated rings. The van der Waals surface area contributed by atoms with Gasteiger partial charge in [0.15, 0.2) is 0 Å². The number of halogens is 5. The van der Waals surface area contributed by atoms with E-state index in [1.54, 1.807) is 36.2 Å². The smallest absolute Gasteiger partial charge is 0.350 e. The Bertz CT molecular complexity index is 2660. The summed E-state index contributed by atoms with van der Waals surface area (Å²) in [6.07, 6.45) is 0.531. The summed E-state index contributed by atoms with van der Waals surface area (Å²) in [7, 11) is 1.56. The largest absolute Gasteiger partial charge is 0.433 e. The molecule has 6 heterocycles. The lowest BCUT2D eigenvalue weighted by atomic mass is 9.72. The normalized spacial score (nSPS) is 22.9. The van der Waals surface area contributed by atoms with Crippen LogP contribution in [0, 0.1) is 17.2 Å². The molecule has 1 spiro atoms. The molecule has 1 atom stereocenters. The standard InChI is InChI=1S/C40H37F5N10O4/c1-51-34-29(5-3-6-30(34)55(37(51)59)31-12-13-33(56)49-36(31)58)53-21-39(41,42)38(53)19-52(20-38)17-22-8-10-25(11-9-22)54-18-24-15-27(23(16-46)14-28(24)50-54)48-35(57)26-4-2-7-32(47-26)40(43,44)45/h2-7,14-15,18,22,25,31H,8-13,17,19-21H2,1H3,(H,48,57)(H,49,56,58)/t22-,25-,31?. The molecule has 1 aliphatic carbocycles. The summed E-state index contributed by atoms with van der Waals surface area (Å²) in [5.74, 6) is -4.57. The molecule has 3 amide bonds. The fraction of sp³-hybridized carbons (Fsp3) is 0.425. The minimum Gasteiger partial charge on any atom is -0.350 e. The summed E-state index contributed by atoms with van der Waals surface area (Å²) in [5, 5.41) is 19.9. The Morgan fingerprint density at radius 1 is 1.02 bits per heavy atom. The Labute approximate surface area is 332 Å². The molecule has 59 heavy (non-hydrogen) atoms. The summed E-state index contributed by atoms with van der Waals surface area (Å²) in [5.41, 5.74) is -1.46. The number of imidazole rings is 1. The van der Waals surface area contributed by atoms with Crippen LogP contribution in [0.5, 0.6) is 0 Å². The van der Waals surface area contributed by atoms with E-state index in [-0.39, 0.29) is 49.1 Å². The van der Waals surface area contributed by atoms with Gasteiger partial charge in [0.2, 0.25) is 11.8 Å². The van der Waals surface area contributed by atoms with Crippen molar-refractivity contribution in [1.29, 1.82) is 5.26 Å². The summed E-state index contributed by atoms with van der Waals surface area (Å²) in [6.45, 7) is 0.431. The van der Waals surface area contributed by atoms with Crippen LogP contribution in [0.3, 0.4) is 0 Å². The lowest BCUT2D eigenvalue weighted by molar-refractivity contribution is -0.186. The maximum absolute atomic E-state index is 15.6. The van der Waals surface area contributed by atoms with Crippen LogP contribution in [-0.2, 0) is 22.8 Å². The SMILES string of the molecule is Cn1c(=O)n(C2CCC(=O)NC2=O)c2cccc(N3CC(F)(F)C34CN(C[C@H]3CC[C@H](n5cc6cc(NC(=O)c7cccc(C(F)(F)F)n7)c(C#N)cc6n5)CC3)C4)c21. The van der Waals surface area contributed by atoms with Gasteiger partial charge in [0.25, 0.3) is 11.8 Å². The predicted octanol–water partition coefficient (Wildman–Crippen LogP) is 5.15. The third-order valence-corrected chi connectivity index (χ3v) is 12.4. The molecule has 1 unspecified atom stereocenters. The van der Waals surface area contributed by atoms with Crippen molar-refractivity contribution in [1.82, 2.24) is 34.1 Å². The molecular weight excluding hydrogens is 779 g/mol. The number of fused-ring (bicyclic) bond motifs is 2. The molecule has 14 nitrogen and oxygen atoms in total. The fourth-order valence-corrected chi connectivity index (χ4v) is 9.35. The van der Waals surface area contributed by atoms with Gasteiger partial charge in [0.05, 0.1) is 46.1 Å². The number of benzene rings is 2. The first-order chi connectivity index (χ1) is 28.1. The van der Waals surface area contributed by atoms with Crippen LogP contribution in [0.4, 0.5) is 33.3 Å². The zero-order valence-corrected chi connectivity index (χ0v) is 31.6. The Morgan fingerprint density at radius 3 is 2.46 bits per heavy atom. The van der Waals surface area contributed by atoms with E-state index in [1.165, 1.54) is 15.2 Å². The maximum Gasteiger partial charge on any atom is 0.433 e. The predicted molar refractivity (Wildman–Crippen MR) is 203 cm³/mol. The van der Waals surface area contributed by atoms with Gasteiger partial charge in [-0.05, 0) is 74.4 Å². The number of alkyl halides is 5. The van der Waals surface area contributed by atoms with Gasteiger partial charge >= 0.3 is 11.9 Å². The van der Waals surface area contributed by atoms with Gasteiger partial charge in [0.1, 0.15) is 29.0 Å². The molecule has 9 rings (SSSR count). The van der Waals surface area contributed by atoms with Crippen molar-refractivity contribution in [2.45, 2.75) is 68.2 Å². The summed E-state index contributed by atoms with van der Waals surface area (Å²) in [6, 6.07) is 12.3. The summed E-state index contributed by atoms with van der Waals surface area (Å²) < 4.78 is 75.2. The van der Waals surface area contributed by atoms with Crippen molar-refractivity contribution in [3.63, 3.8) is 0 Å². The number of para-hydroxylation sites is 1. The van der Waals surface area contributed by atoms with Gasteiger partial charge in [-0.3, -0.25) is 38.4 Å². The maximum atomic E-state index is 15.6. The van der Waals surface area contributed by atoms with Gasteiger partial charge in [-0.15, -0.1) is 0 Å². The number of aryl methyl sites for hydroxylation is 1. The fourth-order valence-electron chi connectivity index (χ4n) is 9.35. The van der Waals surface area contributed by atoms with Gasteiger partial charge in [-0.2, -0.15) is 23.5 Å². The molecule has 5 aromatic rings. The lowest BCUT2D eigenvalue weighted by Crippen LogP contribution is -2.88. The van der Waals surface area contributed by atoms with E-state index in [2.05, 4.69) is 20.5 Å². The number of nitriles is 1. The highest BCUT2D eigenvalue weighted by molar-refractivity contribution is 6.05. The minimum atomic E-state index is -4.73. The van der Waals surface area contributed by atoms with Crippen LogP contribution in [0.15, 0.2) is 59.5 Å². The van der Waals surface area contributed by atoms with E-state index >= 15 is 8.78 Å². The van der Waals surface area contributed by atoms with E-state index in [4.69, 9.17) is 5.10 Å². The van der Waals surface area contributed by atoms with Crippen LogP contribution in [0.25, 0.3) is 21.9 Å². The second-order valence-electron chi connectivity index (χ2n) is 16.0. The highest BCUT2D eigenvalue weighted by Gasteiger charge is 2.72. The third kappa shape index (κ3) is 6.31. The number of hydrogen-bond donors (Lipinski definition) is 2. The number of carbonyl (C=O) groups excluding carboxylic acids is 3. The third-order valence-electron chi connectivity index (χ3n) is 12.4. The van der Waals surface area contributed by atoms with Gasteiger partial charge in [0, 0.05) is 44.7 Å². The highest BCUT2D eigenvalue weighted by atomic mass is 19.4. The number of anilines is 2. The quantitative estimate of drug-likeness (QED) is 0.167. The molecule has 3 aromatic heterocycles. The van der Waals surface area contributed by atoms with Crippen LogP contribution in [0.1, 0.15) is 72.4 Å². The number of amides is 3. The summed E-state index contributed by atoms with van der Waals surface area (Å²) >= 11 is 0. The van der Waals surface area contributed by atoms with Crippen LogP contribution in [0.2, 0.25) is 0 Å². The van der Waals surface area contributed by atoms with E-state index in [9.17, 15) is 37.6 Å². The molecule has 1 saturated carbocycles. The number of nitrogens with zero attached hydrogens (tertiary/aromatic N) is 8. The molecule has 2 N–H and O–H groups in total. The van der Waals surface area contributed by atoms with Crippen molar-refractivity contribution in [3.05, 3.63) is 82.2 Å². The number of carbonyl (C=O) groups is 3. The number of pyridine rings is 1. The Balaban J connectivity index is 0.851. The molecule has 2 aromatic carbocycles. The number of rotatable bonds is 7. The number of likely N-dealkylation sites (tertiary alicyclic amines) is 1. The molecule has 3 saturated heterocycles. The second-order valence-corrected chi connectivity index (χ2v) is 16.0. The Kier molecular flexibility index (Phi) is 8.92. The van der Waals surface area contributed by atoms with E-state index in [0.29, 0.717) is 34.2 Å². The molecule has 0 bridgehead atoms. The average Bonchev–Trinajstić information content (AvgIpc) is 3.72. The first-order valence-electron chi connectivity index (χ1n) is 19.3. The van der Waals surface area contributed by atoms with Crippen molar-refractivity contribution in [2.24, 2.45) is 13.0 Å². The first kappa shape index (κ1) is 38.4. The minimum absolute atomic E-state index is 0.0327. The number of piperidine rings is 1. The van der Waals surface area contributed by atoms with Crippen molar-refractivity contribution >= 4 is 51.0 Å². The van der Waals surface area contributed by atoms with Crippen LogP contribution >= 0.6 is 0 Å². The molecule has 4 aliphatic rings. The highest BCUT2D eigenvalue weighted by Crippen LogP contribution is 2.53. The van der Waals surface area contributed by atoms with Crippen molar-refractivity contribution in [2.75, 3.05) is 36.4 Å². The van der Waals surface area contributed by atoms with Gasteiger partial charge in [-0.1, -0.05) is 12.1 Å². The first-order valence-corrected chi connectivity index (χ1v) is 19.3. The van der Waals surface area contributed by atoms with Gasteiger partial charge in [-0.25, -0.2) is 18.6 Å². The lowest BCUT2D eigenvalue weighted by Gasteiger charge is -2.67. The zero-order valence-electron chi connectivity index (χ0n) is 31.6. The monoisotopic (exact) mass is 816 g/mol. The second kappa shape index (κ2) is 13.7. The number of nitrogens with one attached hydrogen (secondary N) is 2. The van der Waals surface area contributed by atoms with Crippen molar-refractivity contribution < 1.29 is 36.3 Å². The topological polar surface area (TPSA) is 163 Å². The van der Waals surface area contributed by atoms with E-state index in [0.717, 1.165) is 43.9 Å². The Hall–Kier alpha value is -6.16. The van der Waals surface area contributed by atoms with E-state index in [1.807, 2.05) is 16.9 Å². The summed E-state index contributed by atoms with van der Waals surface area (Å²) in [4.78, 5) is 58.0. The van der Waals surface area contributed by atoms with Crippen LogP contribution in [-0.4, -0.2) is 84.2 Å². The van der Waals surface area contributed by atoms with Crippen LogP contribution < -0.4 is 21.2 Å². The molecule has 306 valence electrons. The molecule has 3 aliphatic heterocycles. The Morgan fingerprint density at radius 2 is 1.76 bits per heavy atom. The zero-order chi connectivity index (χ0) is 41.6. The number of aromatic nitrogens is 5. The number of hydrogen-bond acceptors (Lipinski definition) is 9. The molecule has 19 heteroatoms. The van der Waals surface area contributed by atoms with E-state index < -0.39 is 65.0 Å². The molecular formula is C40H37F5N10O4. The molecule has 0 radical (unpaired) electrons. The average molecular weight is 817 g/mol. The van der Waals surface area contributed by atoms with Gasteiger partial charge < -0.3 is 10.2 Å². The number of imide groups is 1.